The van der Waals surface area contributed by atoms with E-state index in [0.717, 1.165) is 12.1 Å². The summed E-state index contributed by atoms with van der Waals surface area (Å²) in [6.07, 6.45) is 0. The SMILES string of the molecule is CC(C)N(C)CCNC(=O)c1ccccc1. The van der Waals surface area contributed by atoms with E-state index in [1.165, 1.54) is 0 Å². The number of nitrogens with zero attached hydrogens (tertiary/aromatic N) is 1. The Morgan fingerprint density at radius 3 is 2.50 bits per heavy atom. The van der Waals surface area contributed by atoms with Crippen molar-refractivity contribution in [2.45, 2.75) is 19.9 Å². The second-order valence-electron chi connectivity index (χ2n) is 4.20. The molecule has 0 radical (unpaired) electrons. The van der Waals surface area contributed by atoms with Crippen LogP contribution in [0.1, 0.15) is 24.2 Å². The normalized spacial score (nSPS) is 10.8. The smallest absolute Gasteiger partial charge is 0.251 e. The summed E-state index contributed by atoms with van der Waals surface area (Å²) < 4.78 is 0. The van der Waals surface area contributed by atoms with E-state index < -0.39 is 0 Å². The Hall–Kier alpha value is -1.35. The Kier molecular flexibility index (Phi) is 4.99. The van der Waals surface area contributed by atoms with Gasteiger partial charge in [0, 0.05) is 24.7 Å². The molecule has 16 heavy (non-hydrogen) atoms. The van der Waals surface area contributed by atoms with E-state index >= 15 is 0 Å². The van der Waals surface area contributed by atoms with Crippen molar-refractivity contribution in [1.82, 2.24) is 10.2 Å². The highest BCUT2D eigenvalue weighted by Crippen LogP contribution is 1.97. The summed E-state index contributed by atoms with van der Waals surface area (Å²) >= 11 is 0. The average molecular weight is 220 g/mol. The van der Waals surface area contributed by atoms with Crippen molar-refractivity contribution in [2.24, 2.45) is 0 Å². The molecular formula is C13H20N2O. The number of likely N-dealkylation sites (N-methyl/N-ethyl adjacent to an activating group) is 1. The predicted molar refractivity (Wildman–Crippen MR) is 66.5 cm³/mol. The van der Waals surface area contributed by atoms with Crippen molar-refractivity contribution in [3.63, 3.8) is 0 Å². The fourth-order valence-corrected chi connectivity index (χ4v) is 1.30. The summed E-state index contributed by atoms with van der Waals surface area (Å²) in [5.74, 6) is -0.00208. The van der Waals surface area contributed by atoms with Crippen molar-refractivity contribution in [3.05, 3.63) is 35.9 Å². The largest absolute Gasteiger partial charge is 0.351 e. The van der Waals surface area contributed by atoms with Crippen molar-refractivity contribution < 1.29 is 4.79 Å². The van der Waals surface area contributed by atoms with Gasteiger partial charge in [-0.3, -0.25) is 4.79 Å². The van der Waals surface area contributed by atoms with Gasteiger partial charge >= 0.3 is 0 Å². The molecule has 0 aliphatic carbocycles. The molecule has 3 nitrogen and oxygen atoms in total. The average Bonchev–Trinajstić information content (AvgIpc) is 2.29. The zero-order valence-corrected chi connectivity index (χ0v) is 10.2. The first-order chi connectivity index (χ1) is 7.61. The lowest BCUT2D eigenvalue weighted by molar-refractivity contribution is 0.0948. The van der Waals surface area contributed by atoms with Crippen molar-refractivity contribution in [2.75, 3.05) is 20.1 Å². The molecule has 88 valence electrons. The Morgan fingerprint density at radius 1 is 1.31 bits per heavy atom. The van der Waals surface area contributed by atoms with Crippen LogP contribution < -0.4 is 5.32 Å². The van der Waals surface area contributed by atoms with Gasteiger partial charge in [0.15, 0.2) is 0 Å². The maximum Gasteiger partial charge on any atom is 0.251 e. The minimum atomic E-state index is -0.00208. The number of benzene rings is 1. The van der Waals surface area contributed by atoms with Crippen molar-refractivity contribution in [1.29, 1.82) is 0 Å². The molecule has 0 aliphatic rings. The van der Waals surface area contributed by atoms with E-state index in [0.29, 0.717) is 12.6 Å². The lowest BCUT2D eigenvalue weighted by atomic mass is 10.2. The first-order valence-electron chi connectivity index (χ1n) is 5.64. The van der Waals surface area contributed by atoms with Crippen LogP contribution in [-0.4, -0.2) is 37.0 Å². The van der Waals surface area contributed by atoms with E-state index in [1.807, 2.05) is 30.3 Å². The molecule has 0 saturated heterocycles. The molecule has 0 atom stereocenters. The zero-order chi connectivity index (χ0) is 12.0. The van der Waals surface area contributed by atoms with Crippen LogP contribution >= 0.6 is 0 Å². The summed E-state index contributed by atoms with van der Waals surface area (Å²) in [6, 6.07) is 9.80. The van der Waals surface area contributed by atoms with Gasteiger partial charge in [-0.25, -0.2) is 0 Å². The first kappa shape index (κ1) is 12.7. The minimum absolute atomic E-state index is 0.00208. The molecule has 0 unspecified atom stereocenters. The van der Waals surface area contributed by atoms with E-state index in [1.54, 1.807) is 0 Å². The third-order valence-corrected chi connectivity index (χ3v) is 2.67. The van der Waals surface area contributed by atoms with Crippen LogP contribution in [-0.2, 0) is 0 Å². The first-order valence-corrected chi connectivity index (χ1v) is 5.64. The summed E-state index contributed by atoms with van der Waals surface area (Å²) in [7, 11) is 2.05. The third-order valence-electron chi connectivity index (χ3n) is 2.67. The van der Waals surface area contributed by atoms with Gasteiger partial charge in [0.1, 0.15) is 0 Å². The quantitative estimate of drug-likeness (QED) is 0.820. The molecule has 1 aromatic carbocycles. The van der Waals surface area contributed by atoms with Gasteiger partial charge in [-0.2, -0.15) is 0 Å². The van der Waals surface area contributed by atoms with Crippen molar-refractivity contribution >= 4 is 5.91 Å². The lowest BCUT2D eigenvalue weighted by Gasteiger charge is -2.20. The Bertz CT molecular complexity index is 322. The van der Waals surface area contributed by atoms with Gasteiger partial charge in [-0.05, 0) is 33.0 Å². The van der Waals surface area contributed by atoms with Crippen LogP contribution in [0.3, 0.4) is 0 Å². The van der Waals surface area contributed by atoms with Gasteiger partial charge in [-0.15, -0.1) is 0 Å². The summed E-state index contributed by atoms with van der Waals surface area (Å²) in [5.41, 5.74) is 0.717. The second-order valence-corrected chi connectivity index (χ2v) is 4.20. The van der Waals surface area contributed by atoms with E-state index in [-0.39, 0.29) is 5.91 Å². The predicted octanol–water partition coefficient (Wildman–Crippen LogP) is 1.76. The number of rotatable bonds is 5. The highest BCUT2D eigenvalue weighted by atomic mass is 16.1. The molecule has 0 heterocycles. The van der Waals surface area contributed by atoms with Crippen LogP contribution in [0.15, 0.2) is 30.3 Å². The number of amides is 1. The lowest BCUT2D eigenvalue weighted by Crippen LogP contribution is -2.36. The second kappa shape index (κ2) is 6.28. The molecule has 1 rings (SSSR count). The van der Waals surface area contributed by atoms with Crippen LogP contribution in [0.5, 0.6) is 0 Å². The third kappa shape index (κ3) is 4.03. The van der Waals surface area contributed by atoms with Crippen LogP contribution in [0, 0.1) is 0 Å². The molecule has 0 bridgehead atoms. The van der Waals surface area contributed by atoms with Gasteiger partial charge in [0.05, 0.1) is 0 Å². The van der Waals surface area contributed by atoms with E-state index in [2.05, 4.69) is 31.1 Å². The van der Waals surface area contributed by atoms with Crippen LogP contribution in [0.25, 0.3) is 0 Å². The molecular weight excluding hydrogens is 200 g/mol. The zero-order valence-electron chi connectivity index (χ0n) is 10.2. The highest BCUT2D eigenvalue weighted by molar-refractivity contribution is 5.94. The molecule has 0 aliphatic heterocycles. The molecule has 3 heteroatoms. The topological polar surface area (TPSA) is 32.3 Å². The molecule has 0 fully saturated rings. The van der Waals surface area contributed by atoms with E-state index in [9.17, 15) is 4.79 Å². The minimum Gasteiger partial charge on any atom is -0.351 e. The molecule has 1 aromatic rings. The van der Waals surface area contributed by atoms with Gasteiger partial charge < -0.3 is 10.2 Å². The number of carbonyl (C=O) groups excluding carboxylic acids is 1. The summed E-state index contributed by atoms with van der Waals surface area (Å²) in [4.78, 5) is 13.9. The highest BCUT2D eigenvalue weighted by Gasteiger charge is 2.05. The molecule has 0 spiro atoms. The van der Waals surface area contributed by atoms with Gasteiger partial charge in [0.2, 0.25) is 0 Å². The number of carbonyl (C=O) groups is 1. The summed E-state index contributed by atoms with van der Waals surface area (Å²) in [6.45, 7) is 5.83. The Morgan fingerprint density at radius 2 is 1.94 bits per heavy atom. The monoisotopic (exact) mass is 220 g/mol. The molecule has 0 aromatic heterocycles. The molecule has 0 saturated carbocycles. The molecule has 1 amide bonds. The Balaban J connectivity index is 2.31. The number of hydrogen-bond acceptors (Lipinski definition) is 2. The van der Waals surface area contributed by atoms with Gasteiger partial charge in [-0.1, -0.05) is 18.2 Å². The standard InChI is InChI=1S/C13H20N2O/c1-11(2)15(3)10-9-14-13(16)12-7-5-4-6-8-12/h4-8,11H,9-10H2,1-3H3,(H,14,16). The van der Waals surface area contributed by atoms with Crippen molar-refractivity contribution in [3.8, 4) is 0 Å². The van der Waals surface area contributed by atoms with Gasteiger partial charge in [0.25, 0.3) is 5.91 Å². The summed E-state index contributed by atoms with van der Waals surface area (Å²) in [5, 5.41) is 2.90. The number of hydrogen-bond donors (Lipinski definition) is 1. The van der Waals surface area contributed by atoms with E-state index in [4.69, 9.17) is 0 Å². The van der Waals surface area contributed by atoms with Crippen LogP contribution in [0.4, 0.5) is 0 Å². The fraction of sp³-hybridized carbons (Fsp3) is 0.462. The molecule has 1 N–H and O–H groups in total. The Labute approximate surface area is 97.5 Å². The maximum atomic E-state index is 11.7. The maximum absolute atomic E-state index is 11.7. The van der Waals surface area contributed by atoms with Crippen LogP contribution in [0.2, 0.25) is 0 Å². The fourth-order valence-electron chi connectivity index (χ4n) is 1.30. The number of nitrogens with one attached hydrogen (secondary N) is 1.